The van der Waals surface area contributed by atoms with E-state index < -0.39 is 0 Å². The lowest BCUT2D eigenvalue weighted by atomic mass is 10.1. The Balaban J connectivity index is 2.90. The van der Waals surface area contributed by atoms with E-state index in [0.29, 0.717) is 10.9 Å². The van der Waals surface area contributed by atoms with Crippen LogP contribution in [0.4, 0.5) is 5.69 Å². The summed E-state index contributed by atoms with van der Waals surface area (Å²) in [6.07, 6.45) is 3.19. The maximum absolute atomic E-state index is 10.8. The Hall–Kier alpha value is -1.97. The van der Waals surface area contributed by atoms with E-state index in [2.05, 4.69) is 4.98 Å². The second-order valence-electron chi connectivity index (χ2n) is 3.08. The van der Waals surface area contributed by atoms with Gasteiger partial charge in [-0.2, -0.15) is 0 Å². The highest BCUT2D eigenvalue weighted by atomic mass is 16.6. The molecule has 0 aliphatic rings. The largest absolute Gasteiger partial charge is 0.280 e. The molecule has 4 heteroatoms. The molecule has 0 saturated carbocycles. The van der Waals surface area contributed by atoms with Gasteiger partial charge in [0.15, 0.2) is 0 Å². The number of benzene rings is 1. The molecule has 0 unspecified atom stereocenters. The van der Waals surface area contributed by atoms with Crippen LogP contribution in [0.3, 0.4) is 0 Å². The molecule has 0 N–H and O–H groups in total. The first kappa shape index (κ1) is 8.62. The van der Waals surface area contributed by atoms with Crippen LogP contribution >= 0.6 is 0 Å². The first-order valence-electron chi connectivity index (χ1n) is 4.18. The number of fused-ring (bicyclic) bond motifs is 1. The SMILES string of the molecule is Cc1ccc2cnccc2c1[N+](=O)[O-]. The standard InChI is InChI=1S/C10H8N2O2/c1-7-2-3-8-6-11-5-4-9(8)10(7)12(13)14/h2-6H,1H3. The van der Waals surface area contributed by atoms with Gasteiger partial charge in [0.25, 0.3) is 5.69 Å². The number of pyridine rings is 1. The van der Waals surface area contributed by atoms with Crippen molar-refractivity contribution in [2.24, 2.45) is 0 Å². The molecule has 0 saturated heterocycles. The van der Waals surface area contributed by atoms with Gasteiger partial charge in [0.2, 0.25) is 0 Å². The molecule has 0 aliphatic carbocycles. The summed E-state index contributed by atoms with van der Waals surface area (Å²) < 4.78 is 0. The van der Waals surface area contributed by atoms with Gasteiger partial charge < -0.3 is 0 Å². The number of nitro benzene ring substituents is 1. The minimum atomic E-state index is -0.350. The lowest BCUT2D eigenvalue weighted by Gasteiger charge is -2.01. The van der Waals surface area contributed by atoms with Crippen LogP contribution in [0, 0.1) is 17.0 Å². The maximum atomic E-state index is 10.8. The van der Waals surface area contributed by atoms with Gasteiger partial charge in [-0.05, 0) is 13.0 Å². The van der Waals surface area contributed by atoms with Crippen LogP contribution in [-0.2, 0) is 0 Å². The smallest absolute Gasteiger partial charge is 0.264 e. The van der Waals surface area contributed by atoms with Crippen LogP contribution in [0.25, 0.3) is 10.8 Å². The molecule has 70 valence electrons. The number of nitrogens with zero attached hydrogens (tertiary/aromatic N) is 2. The molecule has 0 spiro atoms. The average molecular weight is 188 g/mol. The van der Waals surface area contributed by atoms with E-state index >= 15 is 0 Å². The number of hydrogen-bond donors (Lipinski definition) is 0. The van der Waals surface area contributed by atoms with Crippen molar-refractivity contribution in [3.8, 4) is 0 Å². The molecule has 2 rings (SSSR count). The van der Waals surface area contributed by atoms with E-state index in [0.717, 1.165) is 5.39 Å². The Morgan fingerprint density at radius 1 is 1.36 bits per heavy atom. The normalized spacial score (nSPS) is 10.4. The Bertz CT molecular complexity index is 508. The summed E-state index contributed by atoms with van der Waals surface area (Å²) in [5.41, 5.74) is 0.846. The first-order valence-corrected chi connectivity index (χ1v) is 4.18. The van der Waals surface area contributed by atoms with Crippen molar-refractivity contribution in [2.75, 3.05) is 0 Å². The molecule has 0 radical (unpaired) electrons. The summed E-state index contributed by atoms with van der Waals surface area (Å²) in [7, 11) is 0. The minimum Gasteiger partial charge on any atom is -0.264 e. The lowest BCUT2D eigenvalue weighted by molar-refractivity contribution is -0.383. The van der Waals surface area contributed by atoms with Crippen LogP contribution in [-0.4, -0.2) is 9.91 Å². The molecule has 0 amide bonds. The molecule has 4 nitrogen and oxygen atoms in total. The van der Waals surface area contributed by atoms with Crippen LogP contribution in [0.15, 0.2) is 30.6 Å². The molecule has 14 heavy (non-hydrogen) atoms. The van der Waals surface area contributed by atoms with Gasteiger partial charge in [-0.25, -0.2) is 0 Å². The highest BCUT2D eigenvalue weighted by Crippen LogP contribution is 2.27. The summed E-state index contributed by atoms with van der Waals surface area (Å²) in [6, 6.07) is 5.24. The predicted octanol–water partition coefficient (Wildman–Crippen LogP) is 2.45. The number of rotatable bonds is 1. The summed E-state index contributed by atoms with van der Waals surface area (Å²) in [4.78, 5) is 14.4. The van der Waals surface area contributed by atoms with Crippen molar-refractivity contribution in [2.45, 2.75) is 6.92 Å². The second kappa shape index (κ2) is 3.06. The molecule has 0 aliphatic heterocycles. The molecular formula is C10H8N2O2. The third-order valence-corrected chi connectivity index (χ3v) is 2.18. The predicted molar refractivity (Wildman–Crippen MR) is 53.1 cm³/mol. The third-order valence-electron chi connectivity index (χ3n) is 2.18. The van der Waals surface area contributed by atoms with E-state index in [9.17, 15) is 10.1 Å². The molecule has 2 aromatic rings. The lowest BCUT2D eigenvalue weighted by Crippen LogP contribution is -1.93. The van der Waals surface area contributed by atoms with Gasteiger partial charge in [0.1, 0.15) is 0 Å². The van der Waals surface area contributed by atoms with E-state index in [1.54, 1.807) is 31.5 Å². The van der Waals surface area contributed by atoms with E-state index in [1.807, 2.05) is 6.07 Å². The maximum Gasteiger partial charge on any atom is 0.280 e. The number of aryl methyl sites for hydroxylation is 1. The van der Waals surface area contributed by atoms with Gasteiger partial charge >= 0.3 is 0 Å². The Morgan fingerprint density at radius 2 is 2.14 bits per heavy atom. The zero-order valence-corrected chi connectivity index (χ0v) is 7.60. The van der Waals surface area contributed by atoms with Gasteiger partial charge in [-0.1, -0.05) is 12.1 Å². The summed E-state index contributed by atoms with van der Waals surface area (Å²) in [6.45, 7) is 1.73. The van der Waals surface area contributed by atoms with E-state index in [1.165, 1.54) is 0 Å². The zero-order chi connectivity index (χ0) is 10.1. The van der Waals surface area contributed by atoms with Crippen LogP contribution in [0.5, 0.6) is 0 Å². The second-order valence-corrected chi connectivity index (χ2v) is 3.08. The molecule has 0 fully saturated rings. The average Bonchev–Trinajstić information content (AvgIpc) is 2.17. The van der Waals surface area contributed by atoms with Crippen LogP contribution in [0.2, 0.25) is 0 Å². The topological polar surface area (TPSA) is 56.0 Å². The Kier molecular flexibility index (Phi) is 1.89. The molecule has 1 heterocycles. The fourth-order valence-electron chi connectivity index (χ4n) is 1.50. The highest BCUT2D eigenvalue weighted by Gasteiger charge is 2.14. The fraction of sp³-hybridized carbons (Fsp3) is 0.100. The number of hydrogen-bond acceptors (Lipinski definition) is 3. The van der Waals surface area contributed by atoms with Crippen molar-refractivity contribution >= 4 is 16.5 Å². The fourth-order valence-corrected chi connectivity index (χ4v) is 1.50. The van der Waals surface area contributed by atoms with Gasteiger partial charge in [0, 0.05) is 23.3 Å². The monoisotopic (exact) mass is 188 g/mol. The first-order chi connectivity index (χ1) is 6.70. The van der Waals surface area contributed by atoms with Gasteiger partial charge in [-0.3, -0.25) is 15.1 Å². The van der Waals surface area contributed by atoms with Crippen LogP contribution < -0.4 is 0 Å². The summed E-state index contributed by atoms with van der Waals surface area (Å²) in [5.74, 6) is 0. The minimum absolute atomic E-state index is 0.171. The van der Waals surface area contributed by atoms with Crippen molar-refractivity contribution in [3.63, 3.8) is 0 Å². The number of aromatic nitrogens is 1. The Labute approximate surface area is 80.4 Å². The number of nitro groups is 1. The van der Waals surface area contributed by atoms with Crippen molar-refractivity contribution < 1.29 is 4.92 Å². The van der Waals surface area contributed by atoms with Crippen LogP contribution in [0.1, 0.15) is 5.56 Å². The summed E-state index contributed by atoms with van der Waals surface area (Å²) in [5, 5.41) is 12.3. The molecule has 1 aromatic heterocycles. The van der Waals surface area contributed by atoms with Gasteiger partial charge in [0.05, 0.1) is 10.3 Å². The third kappa shape index (κ3) is 1.21. The quantitative estimate of drug-likeness (QED) is 0.510. The van der Waals surface area contributed by atoms with Crippen molar-refractivity contribution in [1.82, 2.24) is 4.98 Å². The summed E-state index contributed by atoms with van der Waals surface area (Å²) >= 11 is 0. The molecule has 0 atom stereocenters. The zero-order valence-electron chi connectivity index (χ0n) is 7.60. The van der Waals surface area contributed by atoms with Crippen molar-refractivity contribution in [1.29, 1.82) is 0 Å². The van der Waals surface area contributed by atoms with Gasteiger partial charge in [-0.15, -0.1) is 0 Å². The highest BCUT2D eigenvalue weighted by molar-refractivity contribution is 5.91. The molecule has 1 aromatic carbocycles. The van der Waals surface area contributed by atoms with Crippen molar-refractivity contribution in [3.05, 3.63) is 46.3 Å². The van der Waals surface area contributed by atoms with E-state index in [4.69, 9.17) is 0 Å². The Morgan fingerprint density at radius 3 is 2.86 bits per heavy atom. The molecular weight excluding hydrogens is 180 g/mol. The van der Waals surface area contributed by atoms with E-state index in [-0.39, 0.29) is 10.6 Å². The molecule has 0 bridgehead atoms.